The lowest BCUT2D eigenvalue weighted by Gasteiger charge is -2.15. The van der Waals surface area contributed by atoms with Gasteiger partial charge in [0.25, 0.3) is 5.69 Å². The molecule has 0 spiro atoms. The van der Waals surface area contributed by atoms with E-state index in [1.807, 2.05) is 24.3 Å². The van der Waals surface area contributed by atoms with Gasteiger partial charge in [-0.3, -0.25) is 14.9 Å². The first kappa shape index (κ1) is 18.9. The SMILES string of the molecule is C=CCOc1ccc(CN(C)C(=O)/C=C/c2ccccc2[N+](=O)[O-])cc1. The highest BCUT2D eigenvalue weighted by molar-refractivity contribution is 5.92. The zero-order valence-electron chi connectivity index (χ0n) is 14.5. The molecule has 0 N–H and O–H groups in total. The Morgan fingerprint density at radius 3 is 2.58 bits per heavy atom. The van der Waals surface area contributed by atoms with E-state index in [2.05, 4.69) is 6.58 Å². The summed E-state index contributed by atoms with van der Waals surface area (Å²) in [7, 11) is 1.67. The van der Waals surface area contributed by atoms with Crippen LogP contribution < -0.4 is 4.74 Å². The first-order chi connectivity index (χ1) is 12.5. The molecule has 2 aromatic rings. The third kappa shape index (κ3) is 5.31. The summed E-state index contributed by atoms with van der Waals surface area (Å²) < 4.78 is 5.42. The number of nitrogens with zero attached hydrogens (tertiary/aromatic N) is 2. The number of nitro groups is 1. The number of amides is 1. The van der Waals surface area contributed by atoms with E-state index in [4.69, 9.17) is 4.74 Å². The Balaban J connectivity index is 1.99. The minimum atomic E-state index is -0.468. The Morgan fingerprint density at radius 2 is 1.92 bits per heavy atom. The van der Waals surface area contributed by atoms with Crippen LogP contribution >= 0.6 is 0 Å². The molecule has 0 heterocycles. The van der Waals surface area contributed by atoms with Crippen molar-refractivity contribution in [2.75, 3.05) is 13.7 Å². The number of carbonyl (C=O) groups excluding carboxylic acids is 1. The summed E-state index contributed by atoms with van der Waals surface area (Å²) in [5, 5.41) is 11.0. The van der Waals surface area contributed by atoms with E-state index in [0.717, 1.165) is 11.3 Å². The van der Waals surface area contributed by atoms with Gasteiger partial charge in [0.15, 0.2) is 0 Å². The molecule has 0 bridgehead atoms. The second-order valence-electron chi connectivity index (χ2n) is 5.59. The van der Waals surface area contributed by atoms with E-state index in [-0.39, 0.29) is 11.6 Å². The van der Waals surface area contributed by atoms with Gasteiger partial charge in [0.2, 0.25) is 5.91 Å². The number of nitro benzene ring substituents is 1. The van der Waals surface area contributed by atoms with Crippen molar-refractivity contribution in [3.63, 3.8) is 0 Å². The second-order valence-corrected chi connectivity index (χ2v) is 5.59. The quantitative estimate of drug-likeness (QED) is 0.313. The fourth-order valence-corrected chi connectivity index (χ4v) is 2.28. The van der Waals surface area contributed by atoms with Crippen LogP contribution in [0, 0.1) is 10.1 Å². The van der Waals surface area contributed by atoms with E-state index in [1.54, 1.807) is 31.3 Å². The summed E-state index contributed by atoms with van der Waals surface area (Å²) >= 11 is 0. The molecule has 2 rings (SSSR count). The lowest BCUT2D eigenvalue weighted by Crippen LogP contribution is -2.24. The highest BCUT2D eigenvalue weighted by Gasteiger charge is 2.11. The number of carbonyl (C=O) groups is 1. The van der Waals surface area contributed by atoms with Crippen molar-refractivity contribution in [2.24, 2.45) is 0 Å². The van der Waals surface area contributed by atoms with Crippen molar-refractivity contribution < 1.29 is 14.5 Å². The van der Waals surface area contributed by atoms with Crippen LogP contribution in [0.1, 0.15) is 11.1 Å². The normalized spacial score (nSPS) is 10.5. The zero-order valence-corrected chi connectivity index (χ0v) is 14.5. The number of hydrogen-bond donors (Lipinski definition) is 0. The minimum Gasteiger partial charge on any atom is -0.490 e. The first-order valence-electron chi connectivity index (χ1n) is 8.00. The van der Waals surface area contributed by atoms with Gasteiger partial charge in [-0.05, 0) is 29.8 Å². The summed E-state index contributed by atoms with van der Waals surface area (Å²) in [5.41, 5.74) is 1.31. The summed E-state index contributed by atoms with van der Waals surface area (Å²) in [6.45, 7) is 4.45. The summed E-state index contributed by atoms with van der Waals surface area (Å²) in [6, 6.07) is 13.7. The van der Waals surface area contributed by atoms with Crippen LogP contribution in [-0.4, -0.2) is 29.4 Å². The maximum absolute atomic E-state index is 12.2. The van der Waals surface area contributed by atoms with Crippen LogP contribution in [0.3, 0.4) is 0 Å². The number of benzene rings is 2. The standard InChI is InChI=1S/C20H20N2O4/c1-3-14-26-18-11-8-16(9-12-18)15-21(2)20(23)13-10-17-6-4-5-7-19(17)22(24)25/h3-13H,1,14-15H2,2H3/b13-10+. The zero-order chi connectivity index (χ0) is 18.9. The Hall–Kier alpha value is -3.41. The van der Waals surface area contributed by atoms with E-state index in [9.17, 15) is 14.9 Å². The van der Waals surface area contributed by atoms with Crippen molar-refractivity contribution >= 4 is 17.7 Å². The molecule has 0 fully saturated rings. The van der Waals surface area contributed by atoms with Gasteiger partial charge in [-0.2, -0.15) is 0 Å². The van der Waals surface area contributed by atoms with Gasteiger partial charge >= 0.3 is 0 Å². The molecule has 0 radical (unpaired) electrons. The van der Waals surface area contributed by atoms with Gasteiger partial charge in [0.05, 0.1) is 10.5 Å². The molecule has 26 heavy (non-hydrogen) atoms. The molecule has 0 aromatic heterocycles. The Bertz CT molecular complexity index is 813. The van der Waals surface area contributed by atoms with Crippen LogP contribution in [-0.2, 0) is 11.3 Å². The molecule has 0 unspecified atom stereocenters. The van der Waals surface area contributed by atoms with E-state index in [1.165, 1.54) is 23.1 Å². The van der Waals surface area contributed by atoms with E-state index in [0.29, 0.717) is 18.7 Å². The van der Waals surface area contributed by atoms with Crippen molar-refractivity contribution in [1.82, 2.24) is 4.90 Å². The molecule has 0 aliphatic carbocycles. The fraction of sp³-hybridized carbons (Fsp3) is 0.150. The highest BCUT2D eigenvalue weighted by atomic mass is 16.6. The average Bonchev–Trinajstić information content (AvgIpc) is 2.65. The lowest BCUT2D eigenvalue weighted by atomic mass is 10.1. The van der Waals surface area contributed by atoms with E-state index < -0.39 is 4.92 Å². The number of likely N-dealkylation sites (N-methyl/N-ethyl adjacent to an activating group) is 1. The summed E-state index contributed by atoms with van der Waals surface area (Å²) in [6.07, 6.45) is 4.47. The van der Waals surface area contributed by atoms with Gasteiger partial charge in [0.1, 0.15) is 12.4 Å². The maximum atomic E-state index is 12.2. The molecule has 0 aliphatic heterocycles. The number of hydrogen-bond acceptors (Lipinski definition) is 4. The van der Waals surface area contributed by atoms with Crippen LogP contribution in [0.25, 0.3) is 6.08 Å². The maximum Gasteiger partial charge on any atom is 0.276 e. The van der Waals surface area contributed by atoms with Gasteiger partial charge in [-0.25, -0.2) is 0 Å². The topological polar surface area (TPSA) is 72.7 Å². The predicted octanol–water partition coefficient (Wildman–Crippen LogP) is 3.83. The van der Waals surface area contributed by atoms with Crippen LogP contribution in [0.2, 0.25) is 0 Å². The third-order valence-corrected chi connectivity index (χ3v) is 3.63. The molecule has 6 nitrogen and oxygen atoms in total. The molecule has 2 aromatic carbocycles. The molecule has 0 aliphatic rings. The molecule has 6 heteroatoms. The summed E-state index contributed by atoms with van der Waals surface area (Å²) in [4.78, 5) is 24.3. The Labute approximate surface area is 152 Å². The Morgan fingerprint density at radius 1 is 1.23 bits per heavy atom. The van der Waals surface area contributed by atoms with Gasteiger partial charge < -0.3 is 9.64 Å². The average molecular weight is 352 g/mol. The lowest BCUT2D eigenvalue weighted by molar-refractivity contribution is -0.385. The van der Waals surface area contributed by atoms with Crippen LogP contribution in [0.4, 0.5) is 5.69 Å². The minimum absolute atomic E-state index is 0.0330. The van der Waals surface area contributed by atoms with Crippen molar-refractivity contribution in [2.45, 2.75) is 6.54 Å². The number of para-hydroxylation sites is 1. The molecule has 1 amide bonds. The molecular weight excluding hydrogens is 332 g/mol. The second kappa shape index (κ2) is 9.17. The monoisotopic (exact) mass is 352 g/mol. The van der Waals surface area contributed by atoms with Crippen molar-refractivity contribution in [1.29, 1.82) is 0 Å². The van der Waals surface area contributed by atoms with Crippen molar-refractivity contribution in [3.8, 4) is 5.75 Å². The van der Waals surface area contributed by atoms with Gasteiger partial charge in [-0.1, -0.05) is 36.9 Å². The fourth-order valence-electron chi connectivity index (χ4n) is 2.28. The summed E-state index contributed by atoms with van der Waals surface area (Å²) in [5.74, 6) is 0.494. The van der Waals surface area contributed by atoms with Crippen LogP contribution in [0.5, 0.6) is 5.75 Å². The first-order valence-corrected chi connectivity index (χ1v) is 8.00. The van der Waals surface area contributed by atoms with E-state index >= 15 is 0 Å². The van der Waals surface area contributed by atoms with Gasteiger partial charge in [-0.15, -0.1) is 0 Å². The number of ether oxygens (including phenoxy) is 1. The smallest absolute Gasteiger partial charge is 0.276 e. The molecule has 0 saturated heterocycles. The molecular formula is C20H20N2O4. The molecule has 0 saturated carbocycles. The Kier molecular flexibility index (Phi) is 6.68. The number of rotatable bonds is 8. The van der Waals surface area contributed by atoms with Gasteiger partial charge in [0, 0.05) is 25.7 Å². The predicted molar refractivity (Wildman–Crippen MR) is 101 cm³/mol. The third-order valence-electron chi connectivity index (χ3n) is 3.63. The molecule has 134 valence electrons. The van der Waals surface area contributed by atoms with Crippen LogP contribution in [0.15, 0.2) is 67.3 Å². The molecule has 0 atom stereocenters. The largest absolute Gasteiger partial charge is 0.490 e. The van der Waals surface area contributed by atoms with Crippen molar-refractivity contribution in [3.05, 3.63) is 88.5 Å². The highest BCUT2D eigenvalue weighted by Crippen LogP contribution is 2.19.